The predicted molar refractivity (Wildman–Crippen MR) is 104 cm³/mol. The predicted octanol–water partition coefficient (Wildman–Crippen LogP) is 2.05. The van der Waals surface area contributed by atoms with Crippen LogP contribution >= 0.6 is 0 Å². The molecule has 6 nitrogen and oxygen atoms in total. The standard InChI is InChI=1S/C22H21N3O3/c26-19(24-12-11-14-5-1-4-8-18(14)24)13-23-21(27)20-16-6-2-3-7-17(16)22(28)25(20)15-9-10-15/h1-8,15,20H,9-13H2,(H,23,27). The molecule has 3 aliphatic rings. The first-order valence-corrected chi connectivity index (χ1v) is 9.73. The summed E-state index contributed by atoms with van der Waals surface area (Å²) in [6.07, 6.45) is 2.68. The van der Waals surface area contributed by atoms with Crippen LogP contribution < -0.4 is 10.2 Å². The van der Waals surface area contributed by atoms with Crippen molar-refractivity contribution in [1.82, 2.24) is 10.2 Å². The van der Waals surface area contributed by atoms with E-state index in [-0.39, 0.29) is 30.3 Å². The molecule has 0 bridgehead atoms. The third kappa shape index (κ3) is 2.68. The van der Waals surface area contributed by atoms with Gasteiger partial charge in [-0.2, -0.15) is 0 Å². The van der Waals surface area contributed by atoms with Crippen LogP contribution in [-0.2, 0) is 16.0 Å². The summed E-state index contributed by atoms with van der Waals surface area (Å²) < 4.78 is 0. The quantitative estimate of drug-likeness (QED) is 0.889. The Morgan fingerprint density at radius 2 is 1.79 bits per heavy atom. The summed E-state index contributed by atoms with van der Waals surface area (Å²) in [5.74, 6) is -0.502. The van der Waals surface area contributed by atoms with E-state index < -0.39 is 6.04 Å². The van der Waals surface area contributed by atoms with E-state index in [4.69, 9.17) is 0 Å². The van der Waals surface area contributed by atoms with Crippen molar-refractivity contribution in [2.75, 3.05) is 18.0 Å². The number of carbonyl (C=O) groups excluding carboxylic acids is 3. The number of carbonyl (C=O) groups is 3. The highest BCUT2D eigenvalue weighted by Gasteiger charge is 2.47. The highest BCUT2D eigenvalue weighted by Crippen LogP contribution is 2.41. The number of para-hydroxylation sites is 1. The van der Waals surface area contributed by atoms with Gasteiger partial charge in [-0.3, -0.25) is 14.4 Å². The van der Waals surface area contributed by atoms with Crippen molar-refractivity contribution < 1.29 is 14.4 Å². The van der Waals surface area contributed by atoms with E-state index in [2.05, 4.69) is 5.32 Å². The molecule has 2 aromatic carbocycles. The third-order valence-electron chi connectivity index (χ3n) is 5.79. The number of hydrogen-bond donors (Lipinski definition) is 1. The van der Waals surface area contributed by atoms with Gasteiger partial charge in [0.05, 0.1) is 6.54 Å². The van der Waals surface area contributed by atoms with Crippen LogP contribution in [0.4, 0.5) is 5.69 Å². The largest absolute Gasteiger partial charge is 0.345 e. The van der Waals surface area contributed by atoms with Crippen LogP contribution in [0, 0.1) is 0 Å². The molecule has 2 aliphatic heterocycles. The first kappa shape index (κ1) is 17.0. The Morgan fingerprint density at radius 3 is 2.61 bits per heavy atom. The summed E-state index contributed by atoms with van der Waals surface area (Å²) in [4.78, 5) is 41.8. The summed E-state index contributed by atoms with van der Waals surface area (Å²) in [5.41, 5.74) is 3.39. The molecular formula is C22H21N3O3. The Balaban J connectivity index is 1.32. The number of nitrogens with one attached hydrogen (secondary N) is 1. The zero-order valence-corrected chi connectivity index (χ0v) is 15.4. The van der Waals surface area contributed by atoms with E-state index >= 15 is 0 Å². The molecule has 1 fully saturated rings. The first-order valence-electron chi connectivity index (χ1n) is 9.73. The molecule has 1 aliphatic carbocycles. The molecule has 5 rings (SSSR count). The van der Waals surface area contributed by atoms with Crippen molar-refractivity contribution >= 4 is 23.4 Å². The number of anilines is 1. The first-order chi connectivity index (χ1) is 13.6. The molecule has 0 aromatic heterocycles. The number of amides is 3. The number of rotatable bonds is 4. The van der Waals surface area contributed by atoms with Crippen LogP contribution in [0.2, 0.25) is 0 Å². The van der Waals surface area contributed by atoms with E-state index in [1.807, 2.05) is 42.5 Å². The molecule has 1 atom stereocenters. The number of nitrogens with zero attached hydrogens (tertiary/aromatic N) is 2. The molecule has 142 valence electrons. The maximum Gasteiger partial charge on any atom is 0.255 e. The lowest BCUT2D eigenvalue weighted by Crippen LogP contribution is -2.44. The average Bonchev–Trinajstić information content (AvgIpc) is 3.39. The number of benzene rings is 2. The molecule has 1 saturated carbocycles. The second-order valence-electron chi connectivity index (χ2n) is 7.58. The van der Waals surface area contributed by atoms with Gasteiger partial charge >= 0.3 is 0 Å². The summed E-state index contributed by atoms with van der Waals surface area (Å²) in [7, 11) is 0. The smallest absolute Gasteiger partial charge is 0.255 e. The van der Waals surface area contributed by atoms with Gasteiger partial charge in [0.2, 0.25) is 11.8 Å². The summed E-state index contributed by atoms with van der Waals surface area (Å²) in [6.45, 7) is 0.561. The van der Waals surface area contributed by atoms with E-state index in [0.717, 1.165) is 36.1 Å². The van der Waals surface area contributed by atoms with Crippen LogP contribution in [0.3, 0.4) is 0 Å². The molecule has 0 spiro atoms. The molecule has 2 aromatic rings. The molecule has 0 saturated heterocycles. The fourth-order valence-electron chi connectivity index (χ4n) is 4.29. The van der Waals surface area contributed by atoms with Crippen molar-refractivity contribution in [1.29, 1.82) is 0 Å². The van der Waals surface area contributed by atoms with Gasteiger partial charge in [0.15, 0.2) is 0 Å². The lowest BCUT2D eigenvalue weighted by molar-refractivity contribution is -0.128. The molecule has 2 heterocycles. The lowest BCUT2D eigenvalue weighted by atomic mass is 10.0. The van der Waals surface area contributed by atoms with Crippen molar-refractivity contribution in [3.05, 3.63) is 65.2 Å². The highest BCUT2D eigenvalue weighted by atomic mass is 16.2. The van der Waals surface area contributed by atoms with E-state index in [1.165, 1.54) is 0 Å². The zero-order chi connectivity index (χ0) is 19.3. The van der Waals surface area contributed by atoms with E-state index in [1.54, 1.807) is 15.9 Å². The van der Waals surface area contributed by atoms with Crippen LogP contribution in [0.1, 0.15) is 40.4 Å². The van der Waals surface area contributed by atoms with Gasteiger partial charge in [-0.05, 0) is 42.5 Å². The molecule has 3 amide bonds. The van der Waals surface area contributed by atoms with Crippen molar-refractivity contribution in [3.63, 3.8) is 0 Å². The Hall–Kier alpha value is -3.15. The fourth-order valence-corrected chi connectivity index (χ4v) is 4.29. The fraction of sp³-hybridized carbons (Fsp3) is 0.318. The van der Waals surface area contributed by atoms with E-state index in [9.17, 15) is 14.4 Å². The molecule has 28 heavy (non-hydrogen) atoms. The van der Waals surface area contributed by atoms with Gasteiger partial charge in [-0.25, -0.2) is 0 Å². The summed E-state index contributed by atoms with van der Waals surface area (Å²) >= 11 is 0. The summed E-state index contributed by atoms with van der Waals surface area (Å²) in [5, 5.41) is 2.78. The van der Waals surface area contributed by atoms with Crippen molar-refractivity contribution in [2.24, 2.45) is 0 Å². The molecule has 0 radical (unpaired) electrons. The van der Waals surface area contributed by atoms with Crippen LogP contribution in [0.25, 0.3) is 0 Å². The van der Waals surface area contributed by atoms with E-state index in [0.29, 0.717) is 12.1 Å². The average molecular weight is 375 g/mol. The Kier molecular flexibility index (Phi) is 3.93. The zero-order valence-electron chi connectivity index (χ0n) is 15.4. The second-order valence-corrected chi connectivity index (χ2v) is 7.58. The van der Waals surface area contributed by atoms with Gasteiger partial charge in [-0.1, -0.05) is 36.4 Å². The van der Waals surface area contributed by atoms with Crippen LogP contribution in [-0.4, -0.2) is 41.8 Å². The number of fused-ring (bicyclic) bond motifs is 2. The van der Waals surface area contributed by atoms with Crippen LogP contribution in [0.5, 0.6) is 0 Å². The number of hydrogen-bond acceptors (Lipinski definition) is 3. The molecule has 1 unspecified atom stereocenters. The summed E-state index contributed by atoms with van der Waals surface area (Å²) in [6, 6.07) is 14.6. The second kappa shape index (κ2) is 6.48. The molecule has 1 N–H and O–H groups in total. The molecular weight excluding hydrogens is 354 g/mol. The van der Waals surface area contributed by atoms with Crippen molar-refractivity contribution in [2.45, 2.75) is 31.3 Å². The Bertz CT molecular complexity index is 982. The lowest BCUT2D eigenvalue weighted by Gasteiger charge is -2.25. The minimum absolute atomic E-state index is 0.0709. The SMILES string of the molecule is O=C(NCC(=O)N1CCc2ccccc21)C1c2ccccc2C(=O)N1C1CC1. The maximum atomic E-state index is 13.0. The minimum atomic E-state index is -0.644. The van der Waals surface area contributed by atoms with Gasteiger partial charge in [0.25, 0.3) is 5.91 Å². The Labute approximate surface area is 163 Å². The topological polar surface area (TPSA) is 69.7 Å². The van der Waals surface area contributed by atoms with Crippen LogP contribution in [0.15, 0.2) is 48.5 Å². The maximum absolute atomic E-state index is 13.0. The van der Waals surface area contributed by atoms with Gasteiger partial charge in [0, 0.05) is 23.8 Å². The monoisotopic (exact) mass is 375 g/mol. The van der Waals surface area contributed by atoms with Gasteiger partial charge in [-0.15, -0.1) is 0 Å². The molecule has 6 heteroatoms. The Morgan fingerprint density at radius 1 is 1.04 bits per heavy atom. The van der Waals surface area contributed by atoms with Gasteiger partial charge < -0.3 is 15.1 Å². The third-order valence-corrected chi connectivity index (χ3v) is 5.79. The van der Waals surface area contributed by atoms with Gasteiger partial charge in [0.1, 0.15) is 6.04 Å². The minimum Gasteiger partial charge on any atom is -0.345 e. The normalized spacial score (nSPS) is 20.1. The van der Waals surface area contributed by atoms with Crippen molar-refractivity contribution in [3.8, 4) is 0 Å². The highest BCUT2D eigenvalue weighted by molar-refractivity contribution is 6.06.